The molecule has 1 aromatic rings. The van der Waals surface area contributed by atoms with E-state index in [-0.39, 0.29) is 23.3 Å². The molecular formula is C21H29N3O2. The Labute approximate surface area is 155 Å². The van der Waals surface area contributed by atoms with Crippen molar-refractivity contribution < 1.29 is 9.59 Å². The summed E-state index contributed by atoms with van der Waals surface area (Å²) < 4.78 is 0. The summed E-state index contributed by atoms with van der Waals surface area (Å²) in [5.74, 6) is 0.453. The predicted octanol–water partition coefficient (Wildman–Crippen LogP) is 2.09. The normalized spacial score (nSPS) is 26.0. The summed E-state index contributed by atoms with van der Waals surface area (Å²) in [6, 6.07) is 10.1. The predicted molar refractivity (Wildman–Crippen MR) is 101 cm³/mol. The van der Waals surface area contributed by atoms with Crippen LogP contribution in [0.1, 0.15) is 43.6 Å². The minimum Gasteiger partial charge on any atom is -0.341 e. The first kappa shape index (κ1) is 17.5. The zero-order chi connectivity index (χ0) is 18.1. The van der Waals surface area contributed by atoms with Crippen LogP contribution in [0, 0.1) is 0 Å². The number of hydrogen-bond acceptors (Lipinski definition) is 3. The van der Waals surface area contributed by atoms with Gasteiger partial charge in [-0.15, -0.1) is 0 Å². The third-order valence-corrected chi connectivity index (χ3v) is 6.73. The van der Waals surface area contributed by atoms with Gasteiger partial charge in [0.25, 0.3) is 0 Å². The molecule has 0 N–H and O–H groups in total. The Balaban J connectivity index is 1.40. The molecule has 0 saturated carbocycles. The molecule has 3 saturated heterocycles. The molecule has 1 spiro atoms. The van der Waals surface area contributed by atoms with Crippen LogP contribution in [0.2, 0.25) is 0 Å². The fourth-order valence-corrected chi connectivity index (χ4v) is 4.96. The Kier molecular flexibility index (Phi) is 4.74. The fraction of sp³-hybridized carbons (Fsp3) is 0.619. The lowest BCUT2D eigenvalue weighted by atomic mass is 9.81. The Hall–Kier alpha value is -1.88. The largest absolute Gasteiger partial charge is 0.341 e. The molecule has 0 unspecified atom stereocenters. The molecule has 0 radical (unpaired) electrons. The number of piperidine rings is 1. The molecule has 5 nitrogen and oxygen atoms in total. The molecular weight excluding hydrogens is 326 g/mol. The molecule has 5 heteroatoms. The SMILES string of the molecule is CN1C(=O)[C@@H](c2ccccc2)CC12CCN(C(=O)CN1CCCC1)CC2. The van der Waals surface area contributed by atoms with Gasteiger partial charge in [-0.05, 0) is 50.8 Å². The lowest BCUT2D eigenvalue weighted by Crippen LogP contribution is -2.54. The number of hydrogen-bond donors (Lipinski definition) is 0. The van der Waals surface area contributed by atoms with Gasteiger partial charge >= 0.3 is 0 Å². The van der Waals surface area contributed by atoms with Crippen LogP contribution in [-0.2, 0) is 9.59 Å². The molecule has 0 bridgehead atoms. The molecule has 1 aromatic carbocycles. The first-order valence-electron chi connectivity index (χ1n) is 9.92. The molecule has 0 aliphatic carbocycles. The standard InChI is InChI=1S/C21H29N3O2/c1-22-20(26)18(17-7-3-2-4-8-17)15-21(22)9-13-24(14-10-21)19(25)16-23-11-5-6-12-23/h2-4,7-8,18H,5-6,9-16H2,1H3/t18-/m1/s1. The highest BCUT2D eigenvalue weighted by Gasteiger charge is 2.50. The second-order valence-corrected chi connectivity index (χ2v) is 8.15. The highest BCUT2D eigenvalue weighted by molar-refractivity contribution is 5.87. The van der Waals surface area contributed by atoms with Crippen LogP contribution in [0.4, 0.5) is 0 Å². The Morgan fingerprint density at radius 2 is 1.73 bits per heavy atom. The maximum absolute atomic E-state index is 12.9. The maximum Gasteiger partial charge on any atom is 0.236 e. The average Bonchev–Trinajstić information content (AvgIpc) is 3.26. The highest BCUT2D eigenvalue weighted by Crippen LogP contribution is 2.44. The summed E-state index contributed by atoms with van der Waals surface area (Å²) >= 11 is 0. The van der Waals surface area contributed by atoms with Crippen LogP contribution in [-0.4, -0.2) is 71.8 Å². The van der Waals surface area contributed by atoms with Crippen molar-refractivity contribution in [1.82, 2.24) is 14.7 Å². The van der Waals surface area contributed by atoms with Crippen molar-refractivity contribution in [3.63, 3.8) is 0 Å². The summed E-state index contributed by atoms with van der Waals surface area (Å²) in [7, 11) is 1.95. The molecule has 1 atom stereocenters. The van der Waals surface area contributed by atoms with Gasteiger partial charge in [-0.1, -0.05) is 30.3 Å². The minimum atomic E-state index is -0.0813. The summed E-state index contributed by atoms with van der Waals surface area (Å²) in [6.07, 6.45) is 5.09. The lowest BCUT2D eigenvalue weighted by Gasteiger charge is -2.43. The number of carbonyl (C=O) groups excluding carboxylic acids is 2. The third kappa shape index (κ3) is 3.13. The van der Waals surface area contributed by atoms with E-state index >= 15 is 0 Å². The summed E-state index contributed by atoms with van der Waals surface area (Å²) in [4.78, 5) is 31.7. The van der Waals surface area contributed by atoms with Gasteiger partial charge in [0, 0.05) is 25.7 Å². The molecule has 3 aliphatic heterocycles. The van der Waals surface area contributed by atoms with Gasteiger partial charge in [0.05, 0.1) is 12.5 Å². The number of likely N-dealkylation sites (tertiary alicyclic amines) is 3. The van der Waals surface area contributed by atoms with Gasteiger partial charge in [0.1, 0.15) is 0 Å². The first-order valence-corrected chi connectivity index (χ1v) is 9.92. The molecule has 3 aliphatic rings. The molecule has 3 fully saturated rings. The fourth-order valence-electron chi connectivity index (χ4n) is 4.96. The summed E-state index contributed by atoms with van der Waals surface area (Å²) in [6.45, 7) is 4.21. The van der Waals surface area contributed by atoms with Crippen molar-refractivity contribution in [3.8, 4) is 0 Å². The van der Waals surface area contributed by atoms with Gasteiger partial charge in [-0.2, -0.15) is 0 Å². The van der Waals surface area contributed by atoms with Crippen LogP contribution >= 0.6 is 0 Å². The third-order valence-electron chi connectivity index (χ3n) is 6.73. The smallest absolute Gasteiger partial charge is 0.236 e. The zero-order valence-electron chi connectivity index (χ0n) is 15.7. The van der Waals surface area contributed by atoms with Crippen molar-refractivity contribution in [2.45, 2.75) is 43.6 Å². The Morgan fingerprint density at radius 3 is 2.38 bits per heavy atom. The van der Waals surface area contributed by atoms with E-state index in [1.54, 1.807) is 0 Å². The molecule has 2 amide bonds. The van der Waals surface area contributed by atoms with Gasteiger partial charge in [-0.3, -0.25) is 14.5 Å². The van der Waals surface area contributed by atoms with E-state index in [1.165, 1.54) is 12.8 Å². The van der Waals surface area contributed by atoms with Crippen LogP contribution < -0.4 is 0 Å². The molecule has 3 heterocycles. The van der Waals surface area contributed by atoms with Crippen LogP contribution in [0.15, 0.2) is 30.3 Å². The second-order valence-electron chi connectivity index (χ2n) is 8.15. The summed E-state index contributed by atoms with van der Waals surface area (Å²) in [5, 5.41) is 0. The quantitative estimate of drug-likeness (QED) is 0.834. The number of likely N-dealkylation sites (N-methyl/N-ethyl adjacent to an activating group) is 1. The highest BCUT2D eigenvalue weighted by atomic mass is 16.2. The molecule has 0 aromatic heterocycles. The van der Waals surface area contributed by atoms with E-state index in [4.69, 9.17) is 0 Å². The van der Waals surface area contributed by atoms with Crippen LogP contribution in [0.3, 0.4) is 0 Å². The number of amides is 2. The summed E-state index contributed by atoms with van der Waals surface area (Å²) in [5.41, 5.74) is 1.04. The number of carbonyl (C=O) groups is 2. The van der Waals surface area contributed by atoms with E-state index in [0.29, 0.717) is 6.54 Å². The zero-order valence-corrected chi connectivity index (χ0v) is 15.7. The number of nitrogens with zero attached hydrogens (tertiary/aromatic N) is 3. The lowest BCUT2D eigenvalue weighted by molar-refractivity contribution is -0.136. The van der Waals surface area contributed by atoms with Crippen LogP contribution in [0.25, 0.3) is 0 Å². The molecule has 140 valence electrons. The van der Waals surface area contributed by atoms with Gasteiger partial charge in [-0.25, -0.2) is 0 Å². The van der Waals surface area contributed by atoms with Gasteiger partial charge in [0.2, 0.25) is 11.8 Å². The Bertz CT molecular complexity index is 661. The number of rotatable bonds is 3. The van der Waals surface area contributed by atoms with Crippen molar-refractivity contribution >= 4 is 11.8 Å². The van der Waals surface area contributed by atoms with Crippen molar-refractivity contribution in [1.29, 1.82) is 0 Å². The van der Waals surface area contributed by atoms with E-state index < -0.39 is 0 Å². The average molecular weight is 355 g/mol. The van der Waals surface area contributed by atoms with Crippen molar-refractivity contribution in [2.24, 2.45) is 0 Å². The Morgan fingerprint density at radius 1 is 1.08 bits per heavy atom. The van der Waals surface area contributed by atoms with Crippen molar-refractivity contribution in [3.05, 3.63) is 35.9 Å². The van der Waals surface area contributed by atoms with E-state index in [9.17, 15) is 9.59 Å². The van der Waals surface area contributed by atoms with E-state index in [2.05, 4.69) is 17.0 Å². The van der Waals surface area contributed by atoms with Gasteiger partial charge in [0.15, 0.2) is 0 Å². The van der Waals surface area contributed by atoms with Crippen LogP contribution in [0.5, 0.6) is 0 Å². The van der Waals surface area contributed by atoms with Gasteiger partial charge < -0.3 is 9.80 Å². The molecule has 26 heavy (non-hydrogen) atoms. The second kappa shape index (κ2) is 7.03. The topological polar surface area (TPSA) is 43.9 Å². The minimum absolute atomic E-state index is 0.0342. The maximum atomic E-state index is 12.9. The monoisotopic (exact) mass is 355 g/mol. The van der Waals surface area contributed by atoms with E-state index in [0.717, 1.165) is 51.0 Å². The van der Waals surface area contributed by atoms with Crippen molar-refractivity contribution in [2.75, 3.05) is 39.8 Å². The molecule has 4 rings (SSSR count). The first-order chi connectivity index (χ1) is 12.6. The number of benzene rings is 1. The van der Waals surface area contributed by atoms with E-state index in [1.807, 2.05) is 35.0 Å².